The van der Waals surface area contributed by atoms with Gasteiger partial charge in [-0.25, -0.2) is 8.42 Å². The van der Waals surface area contributed by atoms with Gasteiger partial charge in [0.25, 0.3) is 0 Å². The number of carbonyl (C=O) groups is 2. The van der Waals surface area contributed by atoms with Crippen molar-refractivity contribution in [2.75, 3.05) is 59.1 Å². The summed E-state index contributed by atoms with van der Waals surface area (Å²) in [5.41, 5.74) is 0. The highest BCUT2D eigenvalue weighted by atomic mass is 79.9. The van der Waals surface area contributed by atoms with Crippen LogP contribution < -0.4 is 10.6 Å². The first-order valence-electron chi connectivity index (χ1n) is 9.63. The van der Waals surface area contributed by atoms with Crippen molar-refractivity contribution in [3.63, 3.8) is 0 Å². The minimum atomic E-state index is -3.78. The molecule has 0 saturated carbocycles. The van der Waals surface area contributed by atoms with Gasteiger partial charge < -0.3 is 20.1 Å². The lowest BCUT2D eigenvalue weighted by atomic mass is 10.4. The van der Waals surface area contributed by atoms with Crippen molar-refractivity contribution in [3.8, 4) is 0 Å². The number of benzene rings is 1. The highest BCUT2D eigenvalue weighted by molar-refractivity contribution is 9.10. The molecule has 1 atom stereocenters. The van der Waals surface area contributed by atoms with E-state index in [2.05, 4.69) is 31.5 Å². The number of ether oxygens (including phenoxy) is 2. The number of nitrogens with zero attached hydrogens (tertiary/aromatic N) is 2. The Bertz CT molecular complexity index is 845. The van der Waals surface area contributed by atoms with Gasteiger partial charge in [-0.05, 0) is 24.3 Å². The van der Waals surface area contributed by atoms with E-state index < -0.39 is 28.1 Å². The Hall–Kier alpha value is -1.57. The van der Waals surface area contributed by atoms with E-state index in [4.69, 9.17) is 9.47 Å². The van der Waals surface area contributed by atoms with E-state index in [9.17, 15) is 18.0 Å². The van der Waals surface area contributed by atoms with Crippen LogP contribution in [0.1, 0.15) is 0 Å². The molecular weight excluding hydrogens is 480 g/mol. The fraction of sp³-hybridized carbons (Fsp3) is 0.556. The molecule has 2 fully saturated rings. The molecule has 2 aliphatic rings. The average Bonchev–Trinajstić information content (AvgIpc) is 3.22. The lowest BCUT2D eigenvalue weighted by Gasteiger charge is -2.26. The lowest BCUT2D eigenvalue weighted by Crippen LogP contribution is -2.48. The van der Waals surface area contributed by atoms with Crippen molar-refractivity contribution in [1.82, 2.24) is 19.8 Å². The summed E-state index contributed by atoms with van der Waals surface area (Å²) < 4.78 is 38.4. The maximum Gasteiger partial charge on any atom is 0.309 e. The zero-order valence-corrected chi connectivity index (χ0v) is 18.8. The lowest BCUT2D eigenvalue weighted by molar-refractivity contribution is -0.139. The highest BCUT2D eigenvalue weighted by Gasteiger charge is 2.36. The third-order valence-electron chi connectivity index (χ3n) is 4.82. The second-order valence-electron chi connectivity index (χ2n) is 6.82. The van der Waals surface area contributed by atoms with Crippen LogP contribution in [0.4, 0.5) is 0 Å². The summed E-state index contributed by atoms with van der Waals surface area (Å²) in [5, 5.41) is 5.02. The molecule has 0 bridgehead atoms. The number of rotatable bonds is 7. The quantitative estimate of drug-likeness (QED) is 0.474. The van der Waals surface area contributed by atoms with Crippen molar-refractivity contribution in [3.05, 3.63) is 28.7 Å². The number of hydrogen-bond donors (Lipinski definition) is 2. The minimum absolute atomic E-state index is 0.120. The molecule has 30 heavy (non-hydrogen) atoms. The third kappa shape index (κ3) is 5.99. The Morgan fingerprint density at radius 3 is 2.40 bits per heavy atom. The van der Waals surface area contributed by atoms with Gasteiger partial charge in [0.2, 0.25) is 10.0 Å². The van der Waals surface area contributed by atoms with Crippen molar-refractivity contribution < 1.29 is 27.5 Å². The second-order valence-corrected chi connectivity index (χ2v) is 9.62. The Morgan fingerprint density at radius 2 is 1.70 bits per heavy atom. The summed E-state index contributed by atoms with van der Waals surface area (Å²) in [6, 6.07) is 6.27. The van der Waals surface area contributed by atoms with Crippen LogP contribution in [-0.2, 0) is 29.1 Å². The van der Waals surface area contributed by atoms with Gasteiger partial charge in [0.15, 0.2) is 0 Å². The van der Waals surface area contributed by atoms with E-state index in [1.165, 1.54) is 16.4 Å². The molecule has 0 radical (unpaired) electrons. The van der Waals surface area contributed by atoms with Gasteiger partial charge in [-0.3, -0.25) is 14.5 Å². The van der Waals surface area contributed by atoms with Crippen LogP contribution >= 0.6 is 15.9 Å². The van der Waals surface area contributed by atoms with Crippen LogP contribution in [0.5, 0.6) is 0 Å². The van der Waals surface area contributed by atoms with E-state index in [1.54, 1.807) is 12.1 Å². The van der Waals surface area contributed by atoms with E-state index in [-0.39, 0.29) is 24.6 Å². The zero-order valence-electron chi connectivity index (χ0n) is 16.4. The number of nitrogens with one attached hydrogen (secondary N) is 2. The predicted molar refractivity (Wildman–Crippen MR) is 111 cm³/mol. The first kappa shape index (κ1) is 23.1. The fourth-order valence-electron chi connectivity index (χ4n) is 3.18. The smallest absolute Gasteiger partial charge is 0.309 e. The van der Waals surface area contributed by atoms with Crippen LogP contribution in [0, 0.1) is 0 Å². The normalized spacial score (nSPS) is 20.8. The summed E-state index contributed by atoms with van der Waals surface area (Å²) in [6.45, 7) is 4.15. The maximum atomic E-state index is 12.9. The van der Waals surface area contributed by atoms with Crippen molar-refractivity contribution in [2.24, 2.45) is 0 Å². The van der Waals surface area contributed by atoms with Gasteiger partial charge in [0, 0.05) is 37.2 Å². The fourth-order valence-corrected chi connectivity index (χ4v) is 4.95. The molecule has 2 saturated heterocycles. The SMILES string of the molecule is O=C(NCCN1CCOCC1)C(=O)NC[C@H]1OCCN1S(=O)(=O)c1ccc(Br)cc1. The summed E-state index contributed by atoms with van der Waals surface area (Å²) in [5.74, 6) is -1.59. The minimum Gasteiger partial charge on any atom is -0.379 e. The first-order chi connectivity index (χ1) is 14.4. The second kappa shape index (κ2) is 10.6. The molecule has 0 aromatic heterocycles. The van der Waals surface area contributed by atoms with Crippen molar-refractivity contribution in [1.29, 1.82) is 0 Å². The molecule has 1 aromatic carbocycles. The first-order valence-corrected chi connectivity index (χ1v) is 11.9. The summed E-state index contributed by atoms with van der Waals surface area (Å²) in [7, 11) is -3.78. The summed E-state index contributed by atoms with van der Waals surface area (Å²) in [4.78, 5) is 26.3. The van der Waals surface area contributed by atoms with Crippen molar-refractivity contribution in [2.45, 2.75) is 11.1 Å². The number of hydrogen-bond acceptors (Lipinski definition) is 7. The number of sulfonamides is 1. The van der Waals surface area contributed by atoms with Gasteiger partial charge in [-0.15, -0.1) is 0 Å². The molecule has 0 unspecified atom stereocenters. The molecular formula is C18H25BrN4O6S. The van der Waals surface area contributed by atoms with Gasteiger partial charge in [0.05, 0.1) is 31.3 Å². The summed E-state index contributed by atoms with van der Waals surface area (Å²) in [6.07, 6.45) is -0.872. The zero-order chi connectivity index (χ0) is 21.6. The van der Waals surface area contributed by atoms with Gasteiger partial charge in [0.1, 0.15) is 6.23 Å². The standard InChI is InChI=1S/C18H25BrN4O6S/c19-14-1-3-15(4-2-14)30(26,27)23-9-12-29-16(23)13-21-18(25)17(24)20-5-6-22-7-10-28-11-8-22/h1-4,16H,5-13H2,(H,20,24)(H,21,25)/t16-/m1/s1. The molecule has 2 aliphatic heterocycles. The molecule has 0 aliphatic carbocycles. The molecule has 2 amide bonds. The Kier molecular flexibility index (Phi) is 8.20. The van der Waals surface area contributed by atoms with E-state index in [0.29, 0.717) is 26.3 Å². The number of carbonyl (C=O) groups excluding carboxylic acids is 2. The molecule has 10 nitrogen and oxygen atoms in total. The number of morpholine rings is 1. The highest BCUT2D eigenvalue weighted by Crippen LogP contribution is 2.23. The molecule has 0 spiro atoms. The van der Waals surface area contributed by atoms with Gasteiger partial charge in [-0.1, -0.05) is 15.9 Å². The Balaban J connectivity index is 1.47. The molecule has 1 aromatic rings. The maximum absolute atomic E-state index is 12.9. The Morgan fingerprint density at radius 1 is 1.03 bits per heavy atom. The van der Waals surface area contributed by atoms with Crippen LogP contribution in [-0.4, -0.2) is 94.8 Å². The molecule has 2 N–H and O–H groups in total. The molecule has 2 heterocycles. The van der Waals surface area contributed by atoms with E-state index in [0.717, 1.165) is 17.6 Å². The monoisotopic (exact) mass is 504 g/mol. The van der Waals surface area contributed by atoms with Crippen LogP contribution in [0.25, 0.3) is 0 Å². The van der Waals surface area contributed by atoms with Crippen molar-refractivity contribution >= 4 is 37.8 Å². The number of halogens is 1. The largest absolute Gasteiger partial charge is 0.379 e. The van der Waals surface area contributed by atoms with Gasteiger partial charge in [-0.2, -0.15) is 4.31 Å². The molecule has 3 rings (SSSR count). The van der Waals surface area contributed by atoms with Crippen LogP contribution in [0.15, 0.2) is 33.6 Å². The average molecular weight is 505 g/mol. The van der Waals surface area contributed by atoms with Gasteiger partial charge >= 0.3 is 11.8 Å². The van der Waals surface area contributed by atoms with E-state index >= 15 is 0 Å². The summed E-state index contributed by atoms with van der Waals surface area (Å²) >= 11 is 3.28. The van der Waals surface area contributed by atoms with Crippen LogP contribution in [0.2, 0.25) is 0 Å². The third-order valence-corrected chi connectivity index (χ3v) is 7.26. The number of amides is 2. The van der Waals surface area contributed by atoms with Crippen LogP contribution in [0.3, 0.4) is 0 Å². The topological polar surface area (TPSA) is 117 Å². The van der Waals surface area contributed by atoms with E-state index in [1.807, 2.05) is 0 Å². The predicted octanol–water partition coefficient (Wildman–Crippen LogP) is -0.639. The molecule has 12 heteroatoms. The molecule has 166 valence electrons. The Labute approximate surface area is 184 Å².